The molecule has 0 heterocycles. The van der Waals surface area contributed by atoms with E-state index < -0.39 is 18.7 Å². The second kappa shape index (κ2) is 6.37. The molecule has 0 spiro atoms. The van der Waals surface area contributed by atoms with Crippen molar-refractivity contribution in [3.8, 4) is 0 Å². The number of ether oxygens (including phenoxy) is 1. The molecule has 1 atom stereocenters. The molecule has 0 amide bonds. The van der Waals surface area contributed by atoms with E-state index in [1.807, 2.05) is 0 Å². The molecule has 0 aliphatic heterocycles. The molecule has 0 saturated heterocycles. The zero-order valence-corrected chi connectivity index (χ0v) is 9.09. The SMILES string of the molecule is COC(=O)c1ccc([C@H](N)CF)cc1.Cl. The van der Waals surface area contributed by atoms with E-state index >= 15 is 0 Å². The lowest BCUT2D eigenvalue weighted by atomic mass is 10.1. The maximum Gasteiger partial charge on any atom is 0.337 e. The number of rotatable bonds is 3. The van der Waals surface area contributed by atoms with Crippen LogP contribution in [0.3, 0.4) is 0 Å². The largest absolute Gasteiger partial charge is 0.465 e. The van der Waals surface area contributed by atoms with Crippen LogP contribution in [0.2, 0.25) is 0 Å². The average Bonchev–Trinajstić information content (AvgIpc) is 2.27. The summed E-state index contributed by atoms with van der Waals surface area (Å²) in [6, 6.07) is 5.75. The van der Waals surface area contributed by atoms with Gasteiger partial charge in [-0.3, -0.25) is 0 Å². The van der Waals surface area contributed by atoms with Crippen LogP contribution >= 0.6 is 12.4 Å². The lowest BCUT2D eigenvalue weighted by molar-refractivity contribution is 0.0600. The van der Waals surface area contributed by atoms with Gasteiger partial charge >= 0.3 is 5.97 Å². The van der Waals surface area contributed by atoms with Crippen molar-refractivity contribution >= 4 is 18.4 Å². The molecule has 0 aromatic heterocycles. The predicted molar refractivity (Wildman–Crippen MR) is 57.9 cm³/mol. The fourth-order valence-corrected chi connectivity index (χ4v) is 1.07. The number of benzene rings is 1. The Kier molecular flexibility index (Phi) is 5.89. The van der Waals surface area contributed by atoms with Gasteiger partial charge in [0.1, 0.15) is 6.67 Å². The molecular formula is C10H13ClFNO2. The first-order valence-electron chi connectivity index (χ1n) is 4.19. The summed E-state index contributed by atoms with van der Waals surface area (Å²) in [7, 11) is 1.31. The summed E-state index contributed by atoms with van der Waals surface area (Å²) in [5.41, 5.74) is 6.56. The van der Waals surface area contributed by atoms with Crippen LogP contribution in [-0.2, 0) is 4.74 Å². The summed E-state index contributed by atoms with van der Waals surface area (Å²) >= 11 is 0. The predicted octanol–water partition coefficient (Wildman–Crippen LogP) is 1.86. The molecule has 0 saturated carbocycles. The monoisotopic (exact) mass is 233 g/mol. The smallest absolute Gasteiger partial charge is 0.337 e. The standard InChI is InChI=1S/C10H12FNO2.ClH/c1-14-10(13)8-4-2-7(3-5-8)9(12)6-11;/h2-5,9H,6,12H2,1H3;1H/t9-;/m1./s1. The lowest BCUT2D eigenvalue weighted by Crippen LogP contribution is -2.12. The summed E-state index contributed by atoms with van der Waals surface area (Å²) in [5.74, 6) is -0.412. The zero-order valence-electron chi connectivity index (χ0n) is 8.27. The summed E-state index contributed by atoms with van der Waals surface area (Å²) in [5, 5.41) is 0. The van der Waals surface area contributed by atoms with Gasteiger partial charge in [-0.05, 0) is 17.7 Å². The third-order valence-corrected chi connectivity index (χ3v) is 1.93. The highest BCUT2D eigenvalue weighted by Gasteiger charge is 2.07. The molecule has 0 fully saturated rings. The molecule has 0 bridgehead atoms. The molecule has 0 unspecified atom stereocenters. The van der Waals surface area contributed by atoms with Crippen LogP contribution in [-0.4, -0.2) is 19.8 Å². The number of carbonyl (C=O) groups excluding carboxylic acids is 1. The maximum atomic E-state index is 12.2. The van der Waals surface area contributed by atoms with Crippen molar-refractivity contribution in [2.24, 2.45) is 5.73 Å². The molecule has 1 aromatic carbocycles. The Balaban J connectivity index is 0.00000196. The minimum Gasteiger partial charge on any atom is -0.465 e. The van der Waals surface area contributed by atoms with Gasteiger partial charge in [0.25, 0.3) is 0 Å². The van der Waals surface area contributed by atoms with Crippen LogP contribution in [0.25, 0.3) is 0 Å². The third kappa shape index (κ3) is 3.49. The quantitative estimate of drug-likeness (QED) is 0.811. The Morgan fingerprint density at radius 3 is 2.40 bits per heavy atom. The van der Waals surface area contributed by atoms with Crippen molar-refractivity contribution in [2.45, 2.75) is 6.04 Å². The van der Waals surface area contributed by atoms with E-state index in [0.29, 0.717) is 11.1 Å². The third-order valence-electron chi connectivity index (χ3n) is 1.93. The van der Waals surface area contributed by atoms with Crippen LogP contribution in [0.5, 0.6) is 0 Å². The van der Waals surface area contributed by atoms with E-state index in [4.69, 9.17) is 5.73 Å². The van der Waals surface area contributed by atoms with E-state index in [2.05, 4.69) is 4.74 Å². The molecule has 0 aliphatic rings. The Morgan fingerprint density at radius 1 is 1.47 bits per heavy atom. The lowest BCUT2D eigenvalue weighted by Gasteiger charge is -2.07. The van der Waals surface area contributed by atoms with Gasteiger partial charge in [-0.1, -0.05) is 12.1 Å². The number of nitrogens with two attached hydrogens (primary N) is 1. The Labute approximate surface area is 93.8 Å². The van der Waals surface area contributed by atoms with E-state index in [-0.39, 0.29) is 12.4 Å². The van der Waals surface area contributed by atoms with Crippen molar-refractivity contribution in [1.82, 2.24) is 0 Å². The minimum absolute atomic E-state index is 0. The van der Waals surface area contributed by atoms with Crippen molar-refractivity contribution in [1.29, 1.82) is 0 Å². The molecule has 15 heavy (non-hydrogen) atoms. The van der Waals surface area contributed by atoms with E-state index in [0.717, 1.165) is 0 Å². The summed E-state index contributed by atoms with van der Waals surface area (Å²) < 4.78 is 16.7. The van der Waals surface area contributed by atoms with Gasteiger partial charge < -0.3 is 10.5 Å². The second-order valence-corrected chi connectivity index (χ2v) is 2.87. The number of esters is 1. The number of alkyl halides is 1. The summed E-state index contributed by atoms with van der Waals surface area (Å²) in [6.45, 7) is -0.614. The molecule has 0 radical (unpaired) electrons. The van der Waals surface area contributed by atoms with Crippen molar-refractivity contribution in [3.05, 3.63) is 35.4 Å². The minimum atomic E-state index is -0.623. The van der Waals surface area contributed by atoms with Gasteiger partial charge in [0, 0.05) is 0 Å². The van der Waals surface area contributed by atoms with E-state index in [1.54, 1.807) is 24.3 Å². The van der Waals surface area contributed by atoms with Crippen LogP contribution in [0.1, 0.15) is 22.0 Å². The maximum absolute atomic E-state index is 12.2. The average molecular weight is 234 g/mol. The van der Waals surface area contributed by atoms with Crippen molar-refractivity contribution in [3.63, 3.8) is 0 Å². The summed E-state index contributed by atoms with van der Waals surface area (Å²) in [6.07, 6.45) is 0. The molecule has 2 N–H and O–H groups in total. The summed E-state index contributed by atoms with van der Waals surface area (Å²) in [4.78, 5) is 11.0. The molecule has 1 aromatic rings. The Morgan fingerprint density at radius 2 is 2.00 bits per heavy atom. The van der Waals surface area contributed by atoms with Gasteiger partial charge in [0.05, 0.1) is 18.7 Å². The highest BCUT2D eigenvalue weighted by Crippen LogP contribution is 2.12. The molecular weight excluding hydrogens is 221 g/mol. The van der Waals surface area contributed by atoms with Gasteiger partial charge in [0.15, 0.2) is 0 Å². The topological polar surface area (TPSA) is 52.3 Å². The molecule has 3 nitrogen and oxygen atoms in total. The second-order valence-electron chi connectivity index (χ2n) is 2.87. The zero-order chi connectivity index (χ0) is 10.6. The molecule has 1 rings (SSSR count). The van der Waals surface area contributed by atoms with Crippen LogP contribution in [0, 0.1) is 0 Å². The Bertz CT molecular complexity index is 316. The van der Waals surface area contributed by atoms with Gasteiger partial charge in [-0.2, -0.15) is 0 Å². The molecule has 5 heteroatoms. The highest BCUT2D eigenvalue weighted by atomic mass is 35.5. The number of methoxy groups -OCH3 is 1. The number of carbonyl (C=O) groups is 1. The van der Waals surface area contributed by atoms with E-state index in [1.165, 1.54) is 7.11 Å². The first-order chi connectivity index (χ1) is 6.69. The van der Waals surface area contributed by atoms with Crippen molar-refractivity contribution in [2.75, 3.05) is 13.8 Å². The number of halogens is 2. The fraction of sp³-hybridized carbons (Fsp3) is 0.300. The van der Waals surface area contributed by atoms with E-state index in [9.17, 15) is 9.18 Å². The first-order valence-corrected chi connectivity index (χ1v) is 4.19. The first kappa shape index (κ1) is 13.9. The number of hydrogen-bond acceptors (Lipinski definition) is 3. The Hall–Kier alpha value is -1.13. The fourth-order valence-electron chi connectivity index (χ4n) is 1.07. The van der Waals surface area contributed by atoms with Crippen LogP contribution < -0.4 is 5.73 Å². The van der Waals surface area contributed by atoms with Gasteiger partial charge in [-0.15, -0.1) is 12.4 Å². The molecule has 0 aliphatic carbocycles. The van der Waals surface area contributed by atoms with Crippen LogP contribution in [0.15, 0.2) is 24.3 Å². The van der Waals surface area contributed by atoms with Crippen LogP contribution in [0.4, 0.5) is 4.39 Å². The number of hydrogen-bond donors (Lipinski definition) is 1. The molecule has 84 valence electrons. The van der Waals surface area contributed by atoms with Gasteiger partial charge in [0.2, 0.25) is 0 Å². The van der Waals surface area contributed by atoms with Gasteiger partial charge in [-0.25, -0.2) is 9.18 Å². The van der Waals surface area contributed by atoms with Crippen molar-refractivity contribution < 1.29 is 13.9 Å². The highest BCUT2D eigenvalue weighted by molar-refractivity contribution is 5.89. The normalized spacial score (nSPS) is 11.4.